The lowest BCUT2D eigenvalue weighted by Crippen LogP contribution is -2.39. The minimum atomic E-state index is -0.00403. The van der Waals surface area contributed by atoms with E-state index in [1.54, 1.807) is 7.11 Å². The Labute approximate surface area is 121 Å². The van der Waals surface area contributed by atoms with Crippen LogP contribution in [0.5, 0.6) is 5.75 Å². The van der Waals surface area contributed by atoms with E-state index in [2.05, 4.69) is 19.2 Å². The predicted octanol–water partition coefficient (Wildman–Crippen LogP) is 2.36. The fourth-order valence-corrected chi connectivity index (χ4v) is 2.66. The van der Waals surface area contributed by atoms with E-state index in [1.165, 1.54) is 0 Å². The van der Waals surface area contributed by atoms with Crippen LogP contribution in [0.2, 0.25) is 0 Å². The lowest BCUT2D eigenvalue weighted by molar-refractivity contribution is -0.131. The summed E-state index contributed by atoms with van der Waals surface area (Å²) in [5, 5.41) is 3.32. The van der Waals surface area contributed by atoms with Crippen molar-refractivity contribution in [1.82, 2.24) is 10.2 Å². The maximum Gasteiger partial charge on any atom is 0.240 e. The molecule has 1 aromatic rings. The van der Waals surface area contributed by atoms with Crippen LogP contribution in [-0.4, -0.2) is 37.0 Å². The fourth-order valence-electron chi connectivity index (χ4n) is 2.66. The molecule has 2 atom stereocenters. The summed E-state index contributed by atoms with van der Waals surface area (Å²) in [6, 6.07) is 8.06. The van der Waals surface area contributed by atoms with Gasteiger partial charge < -0.3 is 15.0 Å². The van der Waals surface area contributed by atoms with Crippen LogP contribution in [0.4, 0.5) is 0 Å². The fraction of sp³-hybridized carbons (Fsp3) is 0.562. The third-order valence-electron chi connectivity index (χ3n) is 3.95. The number of likely N-dealkylation sites (tertiary alicyclic amines) is 1. The number of carbonyl (C=O) groups excluding carboxylic acids is 1. The predicted molar refractivity (Wildman–Crippen MR) is 79.8 cm³/mol. The van der Waals surface area contributed by atoms with Gasteiger partial charge in [-0.3, -0.25) is 4.79 Å². The molecule has 0 aromatic heterocycles. The van der Waals surface area contributed by atoms with Crippen LogP contribution in [0.1, 0.15) is 38.3 Å². The van der Waals surface area contributed by atoms with Crippen molar-refractivity contribution in [3.05, 3.63) is 29.8 Å². The molecule has 2 unspecified atom stereocenters. The Kier molecular flexibility index (Phi) is 5.01. The van der Waals surface area contributed by atoms with E-state index < -0.39 is 0 Å². The van der Waals surface area contributed by atoms with Crippen molar-refractivity contribution in [1.29, 1.82) is 0 Å². The van der Waals surface area contributed by atoms with Crippen molar-refractivity contribution in [2.75, 3.05) is 20.2 Å². The highest BCUT2D eigenvalue weighted by molar-refractivity contribution is 5.84. The summed E-state index contributed by atoms with van der Waals surface area (Å²) in [6.45, 7) is 5.93. The van der Waals surface area contributed by atoms with Gasteiger partial charge in [-0.25, -0.2) is 0 Å². The molecule has 1 fully saturated rings. The largest absolute Gasteiger partial charge is 0.497 e. The second-order valence-corrected chi connectivity index (χ2v) is 5.28. The number of hydrogen-bond donors (Lipinski definition) is 1. The summed E-state index contributed by atoms with van der Waals surface area (Å²) in [7, 11) is 1.66. The number of hydrogen-bond acceptors (Lipinski definition) is 3. The minimum absolute atomic E-state index is 0.00403. The molecular weight excluding hydrogens is 252 g/mol. The Bertz CT molecular complexity index is 444. The standard InChI is InChI=1S/C16H24N2O2/c1-4-10-17-15-9-11-18(16(15)19)12(2)13-5-7-14(20-3)8-6-13/h5-8,12,15,17H,4,9-11H2,1-3H3. The molecule has 1 aliphatic rings. The molecule has 0 saturated carbocycles. The molecule has 1 heterocycles. The molecule has 20 heavy (non-hydrogen) atoms. The zero-order valence-corrected chi connectivity index (χ0v) is 12.6. The molecule has 4 nitrogen and oxygen atoms in total. The van der Waals surface area contributed by atoms with Crippen LogP contribution in [-0.2, 0) is 4.79 Å². The summed E-state index contributed by atoms with van der Waals surface area (Å²) in [6.07, 6.45) is 1.96. The molecule has 110 valence electrons. The first-order valence-electron chi connectivity index (χ1n) is 7.35. The molecule has 4 heteroatoms. The van der Waals surface area contributed by atoms with Crippen LogP contribution in [0.3, 0.4) is 0 Å². The van der Waals surface area contributed by atoms with Crippen molar-refractivity contribution in [2.24, 2.45) is 0 Å². The van der Waals surface area contributed by atoms with Crippen molar-refractivity contribution >= 4 is 5.91 Å². The van der Waals surface area contributed by atoms with Crippen LogP contribution >= 0.6 is 0 Å². The number of nitrogens with zero attached hydrogens (tertiary/aromatic N) is 1. The van der Waals surface area contributed by atoms with Crippen molar-refractivity contribution in [2.45, 2.75) is 38.8 Å². The van der Waals surface area contributed by atoms with Gasteiger partial charge in [0.1, 0.15) is 5.75 Å². The highest BCUT2D eigenvalue weighted by atomic mass is 16.5. The number of nitrogens with one attached hydrogen (secondary N) is 1. The number of ether oxygens (including phenoxy) is 1. The van der Waals surface area contributed by atoms with Gasteiger partial charge in [-0.15, -0.1) is 0 Å². The van der Waals surface area contributed by atoms with Crippen LogP contribution in [0.25, 0.3) is 0 Å². The third-order valence-corrected chi connectivity index (χ3v) is 3.95. The van der Waals surface area contributed by atoms with Gasteiger partial charge in [0.2, 0.25) is 5.91 Å². The third kappa shape index (κ3) is 3.12. The summed E-state index contributed by atoms with van der Waals surface area (Å²) < 4.78 is 5.17. The quantitative estimate of drug-likeness (QED) is 0.867. The Balaban J connectivity index is 2.01. The molecule has 0 radical (unpaired) electrons. The van der Waals surface area contributed by atoms with Gasteiger partial charge >= 0.3 is 0 Å². The van der Waals surface area contributed by atoms with Crippen molar-refractivity contribution in [3.8, 4) is 5.75 Å². The second-order valence-electron chi connectivity index (χ2n) is 5.28. The van der Waals surface area contributed by atoms with Crippen molar-refractivity contribution in [3.63, 3.8) is 0 Å². The summed E-state index contributed by atoms with van der Waals surface area (Å²) in [5.41, 5.74) is 1.15. The highest BCUT2D eigenvalue weighted by Gasteiger charge is 2.34. The van der Waals surface area contributed by atoms with E-state index in [-0.39, 0.29) is 18.0 Å². The Morgan fingerprint density at radius 2 is 2.10 bits per heavy atom. The van der Waals surface area contributed by atoms with E-state index in [1.807, 2.05) is 29.2 Å². The van der Waals surface area contributed by atoms with E-state index in [9.17, 15) is 4.79 Å². The molecule has 0 aliphatic carbocycles. The van der Waals surface area contributed by atoms with Gasteiger partial charge in [0, 0.05) is 6.54 Å². The Hall–Kier alpha value is -1.55. The monoisotopic (exact) mass is 276 g/mol. The van der Waals surface area contributed by atoms with Crippen molar-refractivity contribution < 1.29 is 9.53 Å². The minimum Gasteiger partial charge on any atom is -0.497 e. The zero-order chi connectivity index (χ0) is 14.5. The van der Waals surface area contributed by atoms with Gasteiger partial charge in [-0.2, -0.15) is 0 Å². The number of methoxy groups -OCH3 is 1. The molecule has 0 bridgehead atoms. The number of benzene rings is 1. The van der Waals surface area contributed by atoms with E-state index >= 15 is 0 Å². The average molecular weight is 276 g/mol. The first kappa shape index (κ1) is 14.9. The normalized spacial score (nSPS) is 20.2. The lowest BCUT2D eigenvalue weighted by atomic mass is 10.1. The van der Waals surface area contributed by atoms with Gasteiger partial charge in [0.05, 0.1) is 19.2 Å². The molecule has 1 N–H and O–H groups in total. The second kappa shape index (κ2) is 6.75. The van der Waals surface area contributed by atoms with E-state index in [0.717, 1.165) is 37.2 Å². The summed E-state index contributed by atoms with van der Waals surface area (Å²) >= 11 is 0. The molecule has 0 spiro atoms. The topological polar surface area (TPSA) is 41.6 Å². The first-order valence-corrected chi connectivity index (χ1v) is 7.35. The number of carbonyl (C=O) groups is 1. The van der Waals surface area contributed by atoms with E-state index in [0.29, 0.717) is 0 Å². The molecule has 1 saturated heterocycles. The maximum atomic E-state index is 12.4. The average Bonchev–Trinajstić information content (AvgIpc) is 2.85. The lowest BCUT2D eigenvalue weighted by Gasteiger charge is -2.25. The summed E-state index contributed by atoms with van der Waals surface area (Å²) in [4.78, 5) is 14.4. The molecule has 1 aromatic carbocycles. The van der Waals surface area contributed by atoms with Crippen LogP contribution in [0.15, 0.2) is 24.3 Å². The van der Waals surface area contributed by atoms with E-state index in [4.69, 9.17) is 4.74 Å². The highest BCUT2D eigenvalue weighted by Crippen LogP contribution is 2.27. The molecular formula is C16H24N2O2. The van der Waals surface area contributed by atoms with Crippen LogP contribution < -0.4 is 10.1 Å². The smallest absolute Gasteiger partial charge is 0.240 e. The Morgan fingerprint density at radius 1 is 1.40 bits per heavy atom. The molecule has 1 aliphatic heterocycles. The number of amides is 1. The first-order chi connectivity index (χ1) is 9.67. The van der Waals surface area contributed by atoms with Gasteiger partial charge in [0.25, 0.3) is 0 Å². The van der Waals surface area contributed by atoms with Gasteiger partial charge in [-0.05, 0) is 44.0 Å². The molecule has 2 rings (SSSR count). The Morgan fingerprint density at radius 3 is 2.70 bits per heavy atom. The zero-order valence-electron chi connectivity index (χ0n) is 12.6. The SMILES string of the molecule is CCCNC1CCN(C(C)c2ccc(OC)cc2)C1=O. The maximum absolute atomic E-state index is 12.4. The summed E-state index contributed by atoms with van der Waals surface area (Å²) in [5.74, 6) is 1.07. The van der Waals surface area contributed by atoms with Gasteiger partial charge in [0.15, 0.2) is 0 Å². The van der Waals surface area contributed by atoms with Gasteiger partial charge in [-0.1, -0.05) is 19.1 Å². The number of rotatable bonds is 6. The molecule has 1 amide bonds. The van der Waals surface area contributed by atoms with Crippen LogP contribution in [0, 0.1) is 0 Å².